The van der Waals surface area contributed by atoms with E-state index in [-0.39, 0.29) is 17.9 Å². The quantitative estimate of drug-likeness (QED) is 0.318. The number of aromatic nitrogens is 1. The minimum Gasteiger partial charge on any atom is -0.506 e. The fourth-order valence-electron chi connectivity index (χ4n) is 4.99. The number of phenols is 1. The van der Waals surface area contributed by atoms with Gasteiger partial charge in [0.25, 0.3) is 0 Å². The Morgan fingerprint density at radius 2 is 1.51 bits per heavy atom. The molecule has 1 aliphatic carbocycles. The van der Waals surface area contributed by atoms with Crippen molar-refractivity contribution in [3.8, 4) is 28.5 Å². The molecule has 2 aliphatic rings. The standard InChI is InChI=1S/C30H20N2O3/c33-25-14-6-7-18-15-16-26(31-27(18)25)34-20-9-5-8-19(17-20)30-32-28-23-12-3-1-10-21(23)22-11-2-4-13-24(22)29(28)35-30/h1-17,28-29,33H/t28-,29+/m0/s1. The third-order valence-electron chi connectivity index (χ3n) is 6.60. The highest BCUT2D eigenvalue weighted by atomic mass is 16.5. The molecule has 0 fully saturated rings. The Hall–Kier alpha value is -4.64. The van der Waals surface area contributed by atoms with Crippen LogP contribution >= 0.6 is 0 Å². The monoisotopic (exact) mass is 456 g/mol. The number of hydrogen-bond donors (Lipinski definition) is 1. The van der Waals surface area contributed by atoms with Gasteiger partial charge in [-0.15, -0.1) is 0 Å². The summed E-state index contributed by atoms with van der Waals surface area (Å²) in [6.07, 6.45) is -0.161. The maximum atomic E-state index is 10.1. The number of hydrogen-bond acceptors (Lipinski definition) is 5. The summed E-state index contributed by atoms with van der Waals surface area (Å²) < 4.78 is 12.5. The number of fused-ring (bicyclic) bond motifs is 7. The second-order valence-corrected chi connectivity index (χ2v) is 8.72. The number of aromatic hydroxyl groups is 1. The largest absolute Gasteiger partial charge is 0.506 e. The maximum Gasteiger partial charge on any atom is 0.219 e. The molecule has 1 aromatic heterocycles. The van der Waals surface area contributed by atoms with E-state index >= 15 is 0 Å². The highest BCUT2D eigenvalue weighted by Gasteiger charge is 2.40. The molecule has 0 bridgehead atoms. The van der Waals surface area contributed by atoms with Gasteiger partial charge in [0.2, 0.25) is 11.8 Å². The average molecular weight is 457 g/mol. The van der Waals surface area contributed by atoms with Crippen molar-refractivity contribution in [2.75, 3.05) is 0 Å². The molecule has 0 unspecified atom stereocenters. The lowest BCUT2D eigenvalue weighted by Gasteiger charge is -2.28. The summed E-state index contributed by atoms with van der Waals surface area (Å²) in [4.78, 5) is 9.48. The van der Waals surface area contributed by atoms with Gasteiger partial charge in [0, 0.05) is 22.6 Å². The van der Waals surface area contributed by atoms with Crippen LogP contribution < -0.4 is 4.74 Å². The Balaban J connectivity index is 1.23. The number of phenolic OH excluding ortho intramolecular Hbond substituents is 1. The lowest BCUT2D eigenvalue weighted by Crippen LogP contribution is -2.15. The van der Waals surface area contributed by atoms with Crippen molar-refractivity contribution in [3.63, 3.8) is 0 Å². The number of rotatable bonds is 3. The second-order valence-electron chi connectivity index (χ2n) is 8.72. The summed E-state index contributed by atoms with van der Waals surface area (Å²) in [6, 6.07) is 33.4. The smallest absolute Gasteiger partial charge is 0.219 e. The normalized spacial score (nSPS) is 17.7. The summed E-state index contributed by atoms with van der Waals surface area (Å²) in [5.74, 6) is 1.74. The molecule has 0 spiro atoms. The van der Waals surface area contributed by atoms with Crippen molar-refractivity contribution in [2.24, 2.45) is 4.99 Å². The van der Waals surface area contributed by atoms with E-state index in [4.69, 9.17) is 14.5 Å². The zero-order valence-corrected chi connectivity index (χ0v) is 18.6. The third-order valence-corrected chi connectivity index (χ3v) is 6.60. The number of benzene rings is 4. The maximum absolute atomic E-state index is 10.1. The van der Waals surface area contributed by atoms with Crippen molar-refractivity contribution < 1.29 is 14.6 Å². The Labute approximate surface area is 202 Å². The van der Waals surface area contributed by atoms with E-state index in [0.29, 0.717) is 23.0 Å². The fourth-order valence-corrected chi connectivity index (χ4v) is 4.99. The van der Waals surface area contributed by atoms with Gasteiger partial charge in [-0.1, -0.05) is 66.7 Å². The first-order valence-electron chi connectivity index (χ1n) is 11.5. The predicted molar refractivity (Wildman–Crippen MR) is 135 cm³/mol. The van der Waals surface area contributed by atoms with Crippen molar-refractivity contribution in [1.29, 1.82) is 0 Å². The van der Waals surface area contributed by atoms with Crippen molar-refractivity contribution in [2.45, 2.75) is 12.1 Å². The van der Waals surface area contributed by atoms with E-state index < -0.39 is 0 Å². The Morgan fingerprint density at radius 3 is 2.40 bits per heavy atom. The van der Waals surface area contributed by atoms with Crippen LogP contribution in [-0.2, 0) is 4.74 Å². The van der Waals surface area contributed by atoms with Gasteiger partial charge in [-0.2, -0.15) is 0 Å². The SMILES string of the molecule is Oc1cccc2ccc(Oc3cccc(C4=N[C@H]5c6ccccc6-c6ccccc6[C@H]5O4)c3)nc12. The molecule has 1 aliphatic heterocycles. The highest BCUT2D eigenvalue weighted by molar-refractivity contribution is 5.96. The number of aliphatic imine (C=N–C) groups is 1. The molecule has 7 rings (SSSR count). The lowest BCUT2D eigenvalue weighted by molar-refractivity contribution is 0.195. The molecule has 4 aromatic carbocycles. The lowest BCUT2D eigenvalue weighted by atomic mass is 9.81. The minimum absolute atomic E-state index is 0.0918. The third kappa shape index (κ3) is 3.24. The van der Waals surface area contributed by atoms with Crippen LogP contribution in [0.4, 0.5) is 0 Å². The van der Waals surface area contributed by atoms with Gasteiger partial charge in [0.1, 0.15) is 23.1 Å². The first-order valence-corrected chi connectivity index (χ1v) is 11.5. The zero-order chi connectivity index (χ0) is 23.4. The molecule has 2 heterocycles. The van der Waals surface area contributed by atoms with Crippen LogP contribution in [-0.4, -0.2) is 16.0 Å². The van der Waals surface area contributed by atoms with Gasteiger partial charge in [0.15, 0.2) is 6.10 Å². The number of nitrogens with zero attached hydrogens (tertiary/aromatic N) is 2. The molecule has 0 amide bonds. The molecular formula is C30H20N2O3. The Morgan fingerprint density at radius 1 is 0.743 bits per heavy atom. The summed E-state index contributed by atoms with van der Waals surface area (Å²) >= 11 is 0. The van der Waals surface area contributed by atoms with E-state index in [0.717, 1.165) is 16.5 Å². The van der Waals surface area contributed by atoms with Gasteiger partial charge in [-0.25, -0.2) is 9.98 Å². The molecule has 0 saturated heterocycles. The molecule has 35 heavy (non-hydrogen) atoms. The van der Waals surface area contributed by atoms with Crippen molar-refractivity contribution >= 4 is 16.8 Å². The Bertz CT molecular complexity index is 1640. The molecule has 5 heteroatoms. The topological polar surface area (TPSA) is 63.9 Å². The van der Waals surface area contributed by atoms with Crippen LogP contribution in [0, 0.1) is 0 Å². The zero-order valence-electron chi connectivity index (χ0n) is 18.6. The number of ether oxygens (including phenoxy) is 2. The van der Waals surface area contributed by atoms with E-state index in [2.05, 4.69) is 47.4 Å². The number of pyridine rings is 1. The Kier molecular flexibility index (Phi) is 4.36. The molecule has 0 radical (unpaired) electrons. The fraction of sp³-hybridized carbons (Fsp3) is 0.0667. The van der Waals surface area contributed by atoms with Crippen LogP contribution in [0.1, 0.15) is 28.8 Å². The molecule has 168 valence electrons. The molecule has 5 nitrogen and oxygen atoms in total. The molecule has 2 atom stereocenters. The van der Waals surface area contributed by atoms with Crippen LogP contribution in [0.2, 0.25) is 0 Å². The predicted octanol–water partition coefficient (Wildman–Crippen LogP) is 6.97. The van der Waals surface area contributed by atoms with Crippen LogP contribution in [0.5, 0.6) is 17.4 Å². The van der Waals surface area contributed by atoms with Crippen LogP contribution in [0.25, 0.3) is 22.0 Å². The first-order chi connectivity index (χ1) is 17.2. The van der Waals surface area contributed by atoms with E-state index in [1.165, 1.54) is 16.7 Å². The highest BCUT2D eigenvalue weighted by Crippen LogP contribution is 2.51. The molecule has 5 aromatic rings. The van der Waals surface area contributed by atoms with E-state index in [9.17, 15) is 5.11 Å². The number of para-hydroxylation sites is 1. The summed E-state index contributed by atoms with van der Waals surface area (Å²) in [5.41, 5.74) is 6.09. The van der Waals surface area contributed by atoms with Crippen molar-refractivity contribution in [3.05, 3.63) is 120 Å². The van der Waals surface area contributed by atoms with E-state index in [1.54, 1.807) is 18.2 Å². The average Bonchev–Trinajstić information content (AvgIpc) is 3.36. The van der Waals surface area contributed by atoms with Crippen LogP contribution in [0.3, 0.4) is 0 Å². The first kappa shape index (κ1) is 19.8. The summed E-state index contributed by atoms with van der Waals surface area (Å²) in [6.45, 7) is 0. The summed E-state index contributed by atoms with van der Waals surface area (Å²) in [5, 5.41) is 11.0. The summed E-state index contributed by atoms with van der Waals surface area (Å²) in [7, 11) is 0. The van der Waals surface area contributed by atoms with Gasteiger partial charge in [-0.05, 0) is 47.0 Å². The van der Waals surface area contributed by atoms with Crippen molar-refractivity contribution in [1.82, 2.24) is 4.98 Å². The molecule has 0 saturated carbocycles. The van der Waals surface area contributed by atoms with Gasteiger partial charge in [0.05, 0.1) is 0 Å². The van der Waals surface area contributed by atoms with Gasteiger partial charge < -0.3 is 14.6 Å². The van der Waals surface area contributed by atoms with Gasteiger partial charge >= 0.3 is 0 Å². The second kappa shape index (κ2) is 7.71. The molecular weight excluding hydrogens is 436 g/mol. The minimum atomic E-state index is -0.161. The van der Waals surface area contributed by atoms with E-state index in [1.807, 2.05) is 42.5 Å². The van der Waals surface area contributed by atoms with Crippen LogP contribution in [0.15, 0.2) is 108 Å². The molecule has 1 N–H and O–H groups in total. The van der Waals surface area contributed by atoms with Gasteiger partial charge in [-0.3, -0.25) is 0 Å².